The third kappa shape index (κ3) is 25.8. The normalized spacial score (nSPS) is 48.1. The second-order valence-electron chi connectivity index (χ2n) is 35.3. The zero-order chi connectivity index (χ0) is 103. The average Bonchev–Trinajstić information content (AvgIpc) is 1.43. The molecule has 0 aromatic rings. The lowest BCUT2D eigenvalue weighted by Gasteiger charge is -2.52. The predicted molar refractivity (Wildman–Crippen MR) is 432 cm³/mol. The van der Waals surface area contributed by atoms with Gasteiger partial charge in [-0.2, -0.15) is 0 Å². The number of aliphatic hydroxyl groups is 29. The monoisotopic (exact) mass is 2050 g/mol. The van der Waals surface area contributed by atoms with Crippen LogP contribution < -0.4 is 31.9 Å². The fourth-order valence-electron chi connectivity index (χ4n) is 18.1. The van der Waals surface area contributed by atoms with Gasteiger partial charge in [-0.25, -0.2) is 0 Å². The predicted octanol–water partition coefficient (Wildman–Crippen LogP) is -24.1. The number of ether oxygens (including phenoxy) is 21. The van der Waals surface area contributed by atoms with Gasteiger partial charge in [0.25, 0.3) is 0 Å². The lowest BCUT2D eigenvalue weighted by atomic mass is 9.93. The van der Waals surface area contributed by atoms with Crippen LogP contribution in [0.25, 0.3) is 0 Å². The van der Waals surface area contributed by atoms with Crippen LogP contribution in [-0.4, -0.2) is 594 Å². The van der Waals surface area contributed by atoms with Crippen molar-refractivity contribution in [3.63, 3.8) is 0 Å². The van der Waals surface area contributed by atoms with E-state index < -0.39 is 446 Å². The van der Waals surface area contributed by atoms with Crippen molar-refractivity contribution >= 4 is 35.4 Å². The summed E-state index contributed by atoms with van der Waals surface area (Å²) in [6.45, 7) is -7.30. The first-order valence-electron chi connectivity index (χ1n) is 44.6. The Bertz CT molecular complexity index is 3910. The first-order chi connectivity index (χ1) is 66.2. The van der Waals surface area contributed by atoms with Crippen LogP contribution in [0.5, 0.6) is 0 Å². The topological polar surface area (TPSA) is 955 Å². The summed E-state index contributed by atoms with van der Waals surface area (Å²) in [6, 6.07) is -11.6. The van der Waals surface area contributed by atoms with E-state index in [2.05, 4.69) is 31.9 Å². The van der Waals surface area contributed by atoms with E-state index in [1.807, 2.05) is 0 Å². The average molecular weight is 2050 g/mol. The van der Waals surface area contributed by atoms with Gasteiger partial charge in [-0.3, -0.25) is 28.8 Å². The molecule has 0 saturated carbocycles. The van der Waals surface area contributed by atoms with Crippen molar-refractivity contribution in [1.82, 2.24) is 31.9 Å². The van der Waals surface area contributed by atoms with Crippen molar-refractivity contribution in [2.75, 3.05) is 72.7 Å². The van der Waals surface area contributed by atoms with Crippen LogP contribution >= 0.6 is 0 Å². The summed E-state index contributed by atoms with van der Waals surface area (Å²) in [5.41, 5.74) is 0. The molecule has 11 rings (SSSR count). The number of carbonyl (C=O) groups excluding carboxylic acids is 6. The first-order valence-corrected chi connectivity index (χ1v) is 44.6. The molecule has 0 aromatic heterocycles. The quantitative estimate of drug-likeness (QED) is 0.0275. The number of hydrogen-bond donors (Lipinski definition) is 35. The summed E-state index contributed by atoms with van der Waals surface area (Å²) in [5.74, 6) is -5.74. The van der Waals surface area contributed by atoms with Crippen molar-refractivity contribution < 1.29 is 276 Å². The van der Waals surface area contributed by atoms with Crippen molar-refractivity contribution in [2.24, 2.45) is 0 Å². The first kappa shape index (κ1) is 115. The molecule has 808 valence electrons. The standard InChI is InChI=1S/C78H130N6O56/c1-18(94)79-35-49(108)60(28(11-89)122-68(35)119)133-71-38(82-21(4)97)51(110)63(31(14-92)127-71)137-76-59(118)65(46(105)34(131-76)17-121-77-66(139-70-37(81-20(3)96)48(107)42(101)25(8-86)124-70)55(114)45(104)33(132-77)16-120-69-36(80-19(2)95)47(106)41(100)24(7-85)123-69)138-78-67(140-73-40(84-23(6)99)52(111)62(30(13-91)129-73)136-75-57(116)54(113)44(103)27(10-88)126-75)58(117)64(32(15-93)130-78)134-72-39(83-22(5)98)50(109)61(29(12-90)128-72)135-74-56(115)53(112)43(102)26(9-87)125-74/h24-78,85-93,100-119H,7-17H2,1-6H3,(H,79,94)(H,80,95)(H,81,96)(H,82,97)(H,83,98)(H,84,99)/t24-,25-,26-,27-,28-,29-,30-,31-,32-,33-,34-,35-,36-,37-,38-,39-,40+,41-,42-,43+,44+,45-,46-,47-,48-,49-,50-,51-,52-,53+,54+,55+,56-,57-,58+,59+,60-,61-,62-,63-,64-,65+,66+,67+,68?,69-,70+,71+,72+,73+,74+,75+,76+,77+,78-/m1/s1. The molecule has 11 saturated heterocycles. The van der Waals surface area contributed by atoms with Gasteiger partial charge in [0, 0.05) is 41.5 Å². The highest BCUT2D eigenvalue weighted by atomic mass is 16.8. The minimum Gasteiger partial charge on any atom is -0.394 e. The van der Waals surface area contributed by atoms with E-state index in [0.29, 0.717) is 0 Å². The third-order valence-electron chi connectivity index (χ3n) is 25.4. The third-order valence-corrected chi connectivity index (χ3v) is 25.4. The molecular formula is C78H130N6O56. The highest BCUT2D eigenvalue weighted by Crippen LogP contribution is 2.42. The van der Waals surface area contributed by atoms with E-state index in [-0.39, 0.29) is 0 Å². The molecule has 11 heterocycles. The Hall–Kier alpha value is -5.18. The maximum absolute atomic E-state index is 13.5. The van der Waals surface area contributed by atoms with Gasteiger partial charge in [-0.1, -0.05) is 0 Å². The Balaban J connectivity index is 1.01. The molecule has 11 fully saturated rings. The summed E-state index contributed by atoms with van der Waals surface area (Å²) in [4.78, 5) is 77.7. The Labute approximate surface area is 792 Å². The van der Waals surface area contributed by atoms with E-state index >= 15 is 0 Å². The molecule has 0 spiro atoms. The van der Waals surface area contributed by atoms with Gasteiger partial charge < -0.3 is 279 Å². The summed E-state index contributed by atoms with van der Waals surface area (Å²) in [5, 5.41) is 343. The molecule has 11 aliphatic rings. The minimum absolute atomic E-state index is 0.837. The SMILES string of the molecule is CC(=O)N[C@@H]1[C@H](O[C@@H]2[C@@H](O[C@@H]3[C@H](O)[C@H](O[C@H]4[C@H](O)[C@@H](NC(C)=O)[C@H](O[C@H]5[C@H](O)[C@@H](NC(C)=O)C(O)O[C@@H]5CO)O[C@@H]4CO)O[C@H](CO[C@H]4O[C@H](CO[C@@H]5O[C@H](CO)[C@@H](O)[C@H](O)[C@H]5NC(C)=O)[C@@H](O)[C@H](O)[C@@H]4O[C@@H]4O[C@H](CO)[C@@H](O)[C@H](O)[C@H]4NC(C)=O)[C@H]3O)O[C@H](CO)[C@@H](O[C@@H]3O[C@H](CO)[C@@H](O[C@@H]4O[C@H](CO)[C@H](O)[C@H](O)[C@H]4O)[C@H](O)[C@H]3NC(C)=O)[C@@H]2O)O[C@H](CO)[C@@H](O[C@@H]2O[C@H](CO)[C@H](O)[C@H](O)[C@H]2O)[C@@H]1O. The van der Waals surface area contributed by atoms with Gasteiger partial charge >= 0.3 is 0 Å². The summed E-state index contributed by atoms with van der Waals surface area (Å²) < 4.78 is 127. The fraction of sp³-hybridized carbons (Fsp3) is 0.923. The largest absolute Gasteiger partial charge is 0.394 e. The second kappa shape index (κ2) is 50.7. The number of nitrogens with one attached hydrogen (secondary N) is 6. The van der Waals surface area contributed by atoms with Crippen LogP contribution in [0.3, 0.4) is 0 Å². The van der Waals surface area contributed by atoms with E-state index in [1.54, 1.807) is 0 Å². The number of rotatable bonds is 37. The zero-order valence-corrected chi connectivity index (χ0v) is 75.5. The van der Waals surface area contributed by atoms with Crippen molar-refractivity contribution in [2.45, 2.75) is 379 Å². The smallest absolute Gasteiger partial charge is 0.217 e. The highest BCUT2D eigenvalue weighted by Gasteiger charge is 2.63. The summed E-state index contributed by atoms with van der Waals surface area (Å²) in [7, 11) is 0. The molecule has 0 aromatic carbocycles. The van der Waals surface area contributed by atoms with Gasteiger partial charge in [0.05, 0.1) is 72.7 Å². The molecular weight excluding hydrogens is 1920 g/mol. The molecule has 1 unspecified atom stereocenters. The molecule has 35 N–H and O–H groups in total. The molecule has 0 bridgehead atoms. The Morgan fingerprint density at radius 2 is 0.407 bits per heavy atom. The van der Waals surface area contributed by atoms with Gasteiger partial charge in [-0.05, 0) is 0 Å². The molecule has 140 heavy (non-hydrogen) atoms. The van der Waals surface area contributed by atoms with Crippen molar-refractivity contribution in [3.8, 4) is 0 Å². The Morgan fingerprint density at radius 1 is 0.186 bits per heavy atom. The van der Waals surface area contributed by atoms with E-state index in [4.69, 9.17) is 99.5 Å². The summed E-state index contributed by atoms with van der Waals surface area (Å²) >= 11 is 0. The van der Waals surface area contributed by atoms with Crippen molar-refractivity contribution in [1.29, 1.82) is 0 Å². The van der Waals surface area contributed by atoms with Crippen LogP contribution in [-0.2, 0) is 128 Å². The fourth-order valence-corrected chi connectivity index (χ4v) is 18.1. The Morgan fingerprint density at radius 3 is 0.764 bits per heavy atom. The van der Waals surface area contributed by atoms with Crippen LogP contribution in [0.2, 0.25) is 0 Å². The van der Waals surface area contributed by atoms with Gasteiger partial charge in [0.1, 0.15) is 268 Å². The molecule has 62 heteroatoms. The van der Waals surface area contributed by atoms with E-state index in [1.165, 1.54) is 0 Å². The lowest BCUT2D eigenvalue weighted by molar-refractivity contribution is -0.406. The number of amides is 6. The maximum Gasteiger partial charge on any atom is 0.217 e. The van der Waals surface area contributed by atoms with E-state index in [0.717, 1.165) is 41.5 Å². The van der Waals surface area contributed by atoms with Gasteiger partial charge in [0.15, 0.2) is 69.2 Å². The van der Waals surface area contributed by atoms with E-state index in [9.17, 15) is 177 Å². The van der Waals surface area contributed by atoms with Gasteiger partial charge in [0.2, 0.25) is 35.4 Å². The molecule has 0 aliphatic carbocycles. The lowest BCUT2D eigenvalue weighted by Crippen LogP contribution is -2.71. The van der Waals surface area contributed by atoms with Crippen LogP contribution in [0, 0.1) is 0 Å². The molecule has 6 amide bonds. The van der Waals surface area contributed by atoms with Crippen LogP contribution in [0.15, 0.2) is 0 Å². The molecule has 62 nitrogen and oxygen atoms in total. The van der Waals surface area contributed by atoms with Crippen LogP contribution in [0.4, 0.5) is 0 Å². The minimum atomic E-state index is -2.78. The zero-order valence-electron chi connectivity index (χ0n) is 75.5. The summed E-state index contributed by atoms with van der Waals surface area (Å²) in [6.07, 6.45) is -107. The number of hydrogen-bond acceptors (Lipinski definition) is 56. The number of aliphatic hydroxyl groups excluding tert-OH is 29. The maximum atomic E-state index is 13.5. The molecule has 55 atom stereocenters. The highest BCUT2D eigenvalue weighted by molar-refractivity contribution is 5.75. The number of carbonyl (C=O) groups is 6. The molecule has 11 aliphatic heterocycles. The molecule has 0 radical (unpaired) electrons. The Kier molecular flexibility index (Phi) is 41.7. The second-order valence-corrected chi connectivity index (χ2v) is 35.3. The van der Waals surface area contributed by atoms with Gasteiger partial charge in [-0.15, -0.1) is 0 Å². The van der Waals surface area contributed by atoms with Crippen molar-refractivity contribution in [3.05, 3.63) is 0 Å². The van der Waals surface area contributed by atoms with Crippen LogP contribution in [0.1, 0.15) is 41.5 Å².